The Labute approximate surface area is 267 Å². The third-order valence-electron chi connectivity index (χ3n) is 7.00. The highest BCUT2D eigenvalue weighted by molar-refractivity contribution is 5.92. The standard InChI is InChI=1S/C31H43N11O4/c1-46-29(45)24(10-6-16-38-31(35)36)41-28(44)25(42-27(43)23(32)9-5-15-37-30(33)34)17-22-18-39-26(40-22)21-13-11-20(12-14-21)19-7-3-2-4-8-19/h2-4,7-8,11-14,18,23-25H,5-6,9-10,15-17,32H2,1H3,(H,39,40)(H,41,44)(H,42,43)(H4,33,34,37)(H4,35,36,38)/t23-,24-,25-/m0/s1. The molecule has 1 heterocycles. The van der Waals surface area contributed by atoms with Gasteiger partial charge in [-0.05, 0) is 36.8 Å². The number of aromatic nitrogens is 2. The van der Waals surface area contributed by atoms with Gasteiger partial charge in [-0.15, -0.1) is 0 Å². The van der Waals surface area contributed by atoms with Gasteiger partial charge in [0.15, 0.2) is 11.9 Å². The van der Waals surface area contributed by atoms with Crippen LogP contribution in [0.3, 0.4) is 0 Å². The van der Waals surface area contributed by atoms with Crippen molar-refractivity contribution in [2.45, 2.75) is 50.2 Å². The maximum absolute atomic E-state index is 13.5. The maximum Gasteiger partial charge on any atom is 0.328 e. The molecule has 46 heavy (non-hydrogen) atoms. The molecule has 13 N–H and O–H groups in total. The van der Waals surface area contributed by atoms with Crippen molar-refractivity contribution in [3.05, 3.63) is 66.5 Å². The van der Waals surface area contributed by atoms with E-state index in [2.05, 4.69) is 30.6 Å². The van der Waals surface area contributed by atoms with Gasteiger partial charge in [-0.2, -0.15) is 0 Å². The largest absolute Gasteiger partial charge is 0.467 e. The predicted molar refractivity (Wildman–Crippen MR) is 177 cm³/mol. The number of amides is 2. The number of nitrogens with one attached hydrogen (secondary N) is 3. The fraction of sp³-hybridized carbons (Fsp3) is 0.355. The number of guanidine groups is 2. The molecule has 0 saturated heterocycles. The second kappa shape index (κ2) is 17.8. The Bertz CT molecular complexity index is 1480. The molecule has 3 rings (SSSR count). The van der Waals surface area contributed by atoms with Crippen LogP contribution in [0, 0.1) is 0 Å². The lowest BCUT2D eigenvalue weighted by atomic mass is 10.0. The van der Waals surface area contributed by atoms with Gasteiger partial charge >= 0.3 is 5.97 Å². The Morgan fingerprint density at radius 3 is 1.98 bits per heavy atom. The summed E-state index contributed by atoms with van der Waals surface area (Å²) < 4.78 is 4.88. The first-order valence-electron chi connectivity index (χ1n) is 14.8. The topological polar surface area (TPSA) is 268 Å². The number of carbonyl (C=O) groups is 3. The van der Waals surface area contributed by atoms with Crippen LogP contribution < -0.4 is 39.3 Å². The van der Waals surface area contributed by atoms with Crippen molar-refractivity contribution in [1.82, 2.24) is 20.6 Å². The van der Waals surface area contributed by atoms with Crippen molar-refractivity contribution < 1.29 is 19.1 Å². The van der Waals surface area contributed by atoms with E-state index in [1.54, 1.807) is 6.20 Å². The smallest absolute Gasteiger partial charge is 0.328 e. The molecule has 15 heteroatoms. The second-order valence-electron chi connectivity index (χ2n) is 10.6. The maximum atomic E-state index is 13.5. The monoisotopic (exact) mass is 633 g/mol. The van der Waals surface area contributed by atoms with Crippen molar-refractivity contribution in [3.63, 3.8) is 0 Å². The summed E-state index contributed by atoms with van der Waals surface area (Å²) >= 11 is 0. The van der Waals surface area contributed by atoms with Crippen LogP contribution >= 0.6 is 0 Å². The molecule has 0 radical (unpaired) electrons. The minimum atomic E-state index is -1.10. The first-order chi connectivity index (χ1) is 22.1. The molecule has 0 saturated carbocycles. The third kappa shape index (κ3) is 11.2. The lowest BCUT2D eigenvalue weighted by Gasteiger charge is -2.23. The van der Waals surface area contributed by atoms with E-state index < -0.39 is 35.9 Å². The molecule has 2 aromatic carbocycles. The van der Waals surface area contributed by atoms with Gasteiger partial charge in [-0.25, -0.2) is 9.78 Å². The molecule has 2 amide bonds. The molecular weight excluding hydrogens is 590 g/mol. The lowest BCUT2D eigenvalue weighted by Crippen LogP contribution is -2.55. The van der Waals surface area contributed by atoms with E-state index in [1.165, 1.54) is 7.11 Å². The van der Waals surface area contributed by atoms with Gasteiger partial charge in [0.2, 0.25) is 11.8 Å². The lowest BCUT2D eigenvalue weighted by molar-refractivity contribution is -0.145. The highest BCUT2D eigenvalue weighted by atomic mass is 16.5. The molecule has 0 spiro atoms. The van der Waals surface area contributed by atoms with E-state index in [-0.39, 0.29) is 37.7 Å². The van der Waals surface area contributed by atoms with Crippen LogP contribution in [0.5, 0.6) is 0 Å². The molecule has 246 valence electrons. The summed E-state index contributed by atoms with van der Waals surface area (Å²) in [5, 5.41) is 5.40. The zero-order valence-corrected chi connectivity index (χ0v) is 25.8. The van der Waals surface area contributed by atoms with Crippen molar-refractivity contribution in [3.8, 4) is 22.5 Å². The summed E-state index contributed by atoms with van der Waals surface area (Å²) in [6.07, 6.45) is 2.95. The SMILES string of the molecule is COC(=O)[C@H](CCCN=C(N)N)NC(=O)[C@H](Cc1cnc(-c2ccc(-c3ccccc3)cc2)[nH]1)NC(=O)[C@@H](N)CCCN=C(N)N. The van der Waals surface area contributed by atoms with Crippen LogP contribution in [-0.2, 0) is 25.5 Å². The highest BCUT2D eigenvalue weighted by Crippen LogP contribution is 2.23. The number of benzene rings is 2. The van der Waals surface area contributed by atoms with E-state index in [1.807, 2.05) is 54.6 Å². The zero-order valence-electron chi connectivity index (χ0n) is 25.8. The fourth-order valence-corrected chi connectivity index (χ4v) is 4.59. The van der Waals surface area contributed by atoms with E-state index >= 15 is 0 Å². The first kappa shape index (κ1) is 35.0. The van der Waals surface area contributed by atoms with E-state index in [4.69, 9.17) is 33.4 Å². The van der Waals surface area contributed by atoms with Crippen LogP contribution in [0.15, 0.2) is 70.8 Å². The quantitative estimate of drug-likeness (QED) is 0.0422. The molecule has 1 aromatic heterocycles. The number of rotatable bonds is 17. The Morgan fingerprint density at radius 2 is 1.37 bits per heavy atom. The summed E-state index contributed by atoms with van der Waals surface area (Å²) in [7, 11) is 1.22. The first-order valence-corrected chi connectivity index (χ1v) is 14.8. The minimum Gasteiger partial charge on any atom is -0.467 e. The second-order valence-corrected chi connectivity index (χ2v) is 10.6. The van der Waals surface area contributed by atoms with Gasteiger partial charge in [-0.1, -0.05) is 54.6 Å². The number of hydrogen-bond donors (Lipinski definition) is 8. The summed E-state index contributed by atoms with van der Waals surface area (Å²) in [5.74, 6) is -1.36. The number of ether oxygens (including phenoxy) is 1. The van der Waals surface area contributed by atoms with Gasteiger partial charge in [0, 0.05) is 37.0 Å². The third-order valence-corrected chi connectivity index (χ3v) is 7.00. The minimum absolute atomic E-state index is 0.0370. The molecule has 0 unspecified atom stereocenters. The number of hydrogen-bond acceptors (Lipinski definition) is 8. The van der Waals surface area contributed by atoms with Crippen LogP contribution in [0.4, 0.5) is 0 Å². The number of esters is 1. The van der Waals surface area contributed by atoms with Crippen molar-refractivity contribution in [2.75, 3.05) is 20.2 Å². The van der Waals surface area contributed by atoms with Crippen LogP contribution in [0.2, 0.25) is 0 Å². The molecule has 0 aliphatic rings. The number of nitrogens with zero attached hydrogens (tertiary/aromatic N) is 3. The van der Waals surface area contributed by atoms with Gasteiger partial charge < -0.3 is 49.0 Å². The average Bonchev–Trinajstić information content (AvgIpc) is 3.52. The summed E-state index contributed by atoms with van der Waals surface area (Å²) in [6, 6.07) is 14.8. The number of aromatic amines is 1. The van der Waals surface area contributed by atoms with Crippen molar-refractivity contribution >= 4 is 29.7 Å². The fourth-order valence-electron chi connectivity index (χ4n) is 4.59. The number of methoxy groups -OCH3 is 1. The van der Waals surface area contributed by atoms with Gasteiger partial charge in [0.25, 0.3) is 0 Å². The molecule has 3 atom stereocenters. The molecule has 0 aliphatic carbocycles. The number of nitrogens with two attached hydrogens (primary N) is 5. The molecule has 3 aromatic rings. The van der Waals surface area contributed by atoms with Gasteiger partial charge in [0.05, 0.1) is 13.2 Å². The summed E-state index contributed by atoms with van der Waals surface area (Å²) in [4.78, 5) is 54.6. The normalized spacial score (nSPS) is 12.7. The Hall–Kier alpha value is -5.44. The molecular formula is C31H43N11O4. The van der Waals surface area contributed by atoms with Crippen molar-refractivity contribution in [2.24, 2.45) is 38.7 Å². The predicted octanol–water partition coefficient (Wildman–Crippen LogP) is -0.137. The van der Waals surface area contributed by atoms with E-state index in [9.17, 15) is 14.4 Å². The van der Waals surface area contributed by atoms with Crippen LogP contribution in [0.1, 0.15) is 31.4 Å². The number of carbonyl (C=O) groups excluding carboxylic acids is 3. The van der Waals surface area contributed by atoms with Crippen molar-refractivity contribution in [1.29, 1.82) is 0 Å². The Morgan fingerprint density at radius 1 is 0.804 bits per heavy atom. The van der Waals surface area contributed by atoms with Crippen LogP contribution in [-0.4, -0.2) is 78.0 Å². The zero-order chi connectivity index (χ0) is 33.5. The average molecular weight is 634 g/mol. The number of aliphatic imine (C=N–C) groups is 2. The summed E-state index contributed by atoms with van der Waals surface area (Å²) in [6.45, 7) is 0.557. The molecule has 15 nitrogen and oxygen atoms in total. The Balaban J connectivity index is 1.76. The van der Waals surface area contributed by atoms with E-state index in [0.29, 0.717) is 30.9 Å². The molecule has 0 aliphatic heterocycles. The van der Waals surface area contributed by atoms with Gasteiger partial charge in [0.1, 0.15) is 17.9 Å². The van der Waals surface area contributed by atoms with Gasteiger partial charge in [-0.3, -0.25) is 19.6 Å². The number of imidazole rings is 1. The number of H-pyrrole nitrogens is 1. The summed E-state index contributed by atoms with van der Waals surface area (Å²) in [5.41, 5.74) is 31.1. The molecule has 0 fully saturated rings. The molecule has 0 bridgehead atoms. The Kier molecular flexibility index (Phi) is 13.5. The van der Waals surface area contributed by atoms with E-state index in [0.717, 1.165) is 16.7 Å². The highest BCUT2D eigenvalue weighted by Gasteiger charge is 2.29. The van der Waals surface area contributed by atoms with Crippen LogP contribution in [0.25, 0.3) is 22.5 Å².